The molecule has 2 aliphatic rings. The molecule has 2 N–H and O–H groups in total. The highest BCUT2D eigenvalue weighted by Crippen LogP contribution is 2.36. The quantitative estimate of drug-likeness (QED) is 0.282. The van der Waals surface area contributed by atoms with Crippen LogP contribution in [0.25, 0.3) is 0 Å². The second-order valence-corrected chi connectivity index (χ2v) is 14.8. The van der Waals surface area contributed by atoms with E-state index in [0.29, 0.717) is 29.2 Å². The number of thiophene rings is 1. The third kappa shape index (κ3) is 7.91. The number of likely N-dealkylation sites (N-methyl/N-ethyl adjacent to an activating group) is 1. The largest absolute Gasteiger partial charge is 0.494 e. The van der Waals surface area contributed by atoms with Crippen LogP contribution in [0.1, 0.15) is 40.5 Å². The maximum atomic E-state index is 12.8. The lowest BCUT2D eigenvalue weighted by atomic mass is 10.0. The maximum absolute atomic E-state index is 12.8. The molecule has 0 atom stereocenters. The number of nitrogens with zero attached hydrogens (tertiary/aromatic N) is 5. The molecular weight excluding hydrogens is 606 g/mol. The summed E-state index contributed by atoms with van der Waals surface area (Å²) < 4.78 is 31.5. The number of piperazine rings is 1. The summed E-state index contributed by atoms with van der Waals surface area (Å²) in [5.41, 5.74) is 2.28. The van der Waals surface area contributed by atoms with Gasteiger partial charge >= 0.3 is 0 Å². The number of aromatic nitrogens is 2. The first kappa shape index (κ1) is 33.3. The Kier molecular flexibility index (Phi) is 11.5. The summed E-state index contributed by atoms with van der Waals surface area (Å²) in [4.78, 5) is 16.3. The summed E-state index contributed by atoms with van der Waals surface area (Å²) in [6.45, 7) is 14.0. The first-order valence-corrected chi connectivity index (χ1v) is 17.7. The van der Waals surface area contributed by atoms with E-state index in [1.807, 2.05) is 26.0 Å². The van der Waals surface area contributed by atoms with Crippen LogP contribution in [0.15, 0.2) is 40.1 Å². The Hall–Kier alpha value is -2.64. The summed E-state index contributed by atoms with van der Waals surface area (Å²) in [5, 5.41) is 7.77. The van der Waals surface area contributed by atoms with Crippen molar-refractivity contribution in [3.8, 4) is 5.75 Å². The number of anilines is 5. The van der Waals surface area contributed by atoms with Gasteiger partial charge in [0.25, 0.3) is 0 Å². The van der Waals surface area contributed by atoms with Crippen molar-refractivity contribution in [1.82, 2.24) is 19.8 Å². The number of methoxy groups -OCH3 is 1. The number of nitrogens with one attached hydrogen (secondary N) is 2. The molecule has 1 aromatic carbocycles. The molecule has 13 heteroatoms. The number of benzene rings is 1. The predicted molar refractivity (Wildman–Crippen MR) is 179 cm³/mol. The van der Waals surface area contributed by atoms with E-state index in [2.05, 4.69) is 48.4 Å². The molecule has 0 aliphatic carbocycles. The number of hydrogen-bond acceptors (Lipinski definition) is 11. The van der Waals surface area contributed by atoms with Crippen LogP contribution in [0.4, 0.5) is 28.8 Å². The molecule has 5 rings (SSSR count). The van der Waals surface area contributed by atoms with E-state index in [1.165, 1.54) is 6.20 Å². The Bertz CT molecular complexity index is 1450. The van der Waals surface area contributed by atoms with Crippen LogP contribution in [0.5, 0.6) is 5.75 Å². The number of hydrogen-bond donors (Lipinski definition) is 2. The minimum absolute atomic E-state index is 0.251. The number of rotatable bonds is 9. The molecule has 10 nitrogen and oxygen atoms in total. The zero-order chi connectivity index (χ0) is 31.1. The lowest BCUT2D eigenvalue weighted by Crippen LogP contribution is -2.52. The second kappa shape index (κ2) is 14.9. The molecule has 43 heavy (non-hydrogen) atoms. The SMILES string of the molecule is CC.COc1cc(N2CCC(N3CCN(C)CC3)CC2)ccc1Nc1ncc(Cl)c(Nc2ccsc2S(=O)(=O)C(C)C)n1. The predicted octanol–water partition coefficient (Wildman–Crippen LogP) is 6.11. The smallest absolute Gasteiger partial charge is 0.229 e. The minimum Gasteiger partial charge on any atom is -0.494 e. The molecule has 0 bridgehead atoms. The van der Waals surface area contributed by atoms with Crippen molar-refractivity contribution in [2.75, 3.05) is 69.0 Å². The van der Waals surface area contributed by atoms with Gasteiger partial charge in [-0.25, -0.2) is 13.4 Å². The van der Waals surface area contributed by atoms with Gasteiger partial charge in [0.1, 0.15) is 15.0 Å². The Morgan fingerprint density at radius 3 is 2.37 bits per heavy atom. The molecular formula is C30H44ClN7O3S2. The molecule has 0 radical (unpaired) electrons. The van der Waals surface area contributed by atoms with Crippen LogP contribution in [-0.4, -0.2) is 92.9 Å². The molecule has 2 aliphatic heterocycles. The Morgan fingerprint density at radius 1 is 1.02 bits per heavy atom. The highest BCUT2D eigenvalue weighted by molar-refractivity contribution is 7.94. The molecule has 0 amide bonds. The first-order valence-electron chi connectivity index (χ1n) is 14.9. The van der Waals surface area contributed by atoms with Gasteiger partial charge in [0, 0.05) is 57.1 Å². The van der Waals surface area contributed by atoms with Crippen molar-refractivity contribution in [1.29, 1.82) is 0 Å². The number of piperidine rings is 1. The van der Waals surface area contributed by atoms with Crippen LogP contribution in [-0.2, 0) is 9.84 Å². The maximum Gasteiger partial charge on any atom is 0.229 e. The summed E-state index contributed by atoms with van der Waals surface area (Å²) >= 11 is 7.54. The molecule has 3 aromatic rings. The van der Waals surface area contributed by atoms with E-state index in [-0.39, 0.29) is 9.23 Å². The Labute approximate surface area is 265 Å². The lowest BCUT2D eigenvalue weighted by molar-refractivity contribution is 0.0982. The first-order chi connectivity index (χ1) is 20.7. The summed E-state index contributed by atoms with van der Waals surface area (Å²) in [6, 6.07) is 8.47. The van der Waals surface area contributed by atoms with Crippen LogP contribution in [0.3, 0.4) is 0 Å². The number of sulfone groups is 1. The average Bonchev–Trinajstić information content (AvgIpc) is 3.49. The molecule has 0 unspecified atom stereocenters. The fourth-order valence-electron chi connectivity index (χ4n) is 5.24. The van der Waals surface area contributed by atoms with Crippen LogP contribution in [0, 0.1) is 0 Å². The van der Waals surface area contributed by atoms with E-state index < -0.39 is 15.1 Å². The van der Waals surface area contributed by atoms with Crippen molar-refractivity contribution in [3.63, 3.8) is 0 Å². The molecule has 0 spiro atoms. The standard InChI is InChI=1S/C28H38ClN7O3S2.C2H6/c1-19(2)41(37,38)27-24(9-16-40-27)31-26-22(29)18-30-28(33-26)32-23-6-5-21(17-25(23)39-4)35-10-7-20(8-11-35)36-14-12-34(3)13-15-36;1-2/h5-6,9,16-20H,7-8,10-15H2,1-4H3,(H2,30,31,32,33);1-2H3. The molecule has 236 valence electrons. The highest BCUT2D eigenvalue weighted by Gasteiger charge is 2.27. The van der Waals surface area contributed by atoms with Crippen LogP contribution >= 0.6 is 22.9 Å². The fourth-order valence-corrected chi connectivity index (χ4v) is 8.09. The van der Waals surface area contributed by atoms with Crippen molar-refractivity contribution in [2.45, 2.75) is 56.0 Å². The van der Waals surface area contributed by atoms with Gasteiger partial charge in [-0.1, -0.05) is 25.4 Å². The van der Waals surface area contributed by atoms with Gasteiger partial charge in [0.2, 0.25) is 5.95 Å². The van der Waals surface area contributed by atoms with Gasteiger partial charge in [-0.2, -0.15) is 4.98 Å². The van der Waals surface area contributed by atoms with Gasteiger partial charge in [-0.05, 0) is 57.3 Å². The van der Waals surface area contributed by atoms with Gasteiger partial charge < -0.3 is 25.2 Å². The third-order valence-electron chi connectivity index (χ3n) is 7.82. The monoisotopic (exact) mass is 649 g/mol. The zero-order valence-electron chi connectivity index (χ0n) is 25.9. The van der Waals surface area contributed by atoms with Crippen LogP contribution in [0.2, 0.25) is 5.02 Å². The van der Waals surface area contributed by atoms with E-state index in [0.717, 1.165) is 74.8 Å². The number of halogens is 1. The van der Waals surface area contributed by atoms with Gasteiger partial charge in [0.05, 0.1) is 29.9 Å². The fraction of sp³-hybridized carbons (Fsp3) is 0.533. The molecule has 2 saturated heterocycles. The zero-order valence-corrected chi connectivity index (χ0v) is 28.3. The summed E-state index contributed by atoms with van der Waals surface area (Å²) in [5.74, 6) is 1.29. The molecule has 2 aromatic heterocycles. The minimum atomic E-state index is -3.46. The van der Waals surface area contributed by atoms with Gasteiger partial charge in [-0.3, -0.25) is 4.90 Å². The van der Waals surface area contributed by atoms with E-state index in [4.69, 9.17) is 16.3 Å². The Morgan fingerprint density at radius 2 is 1.72 bits per heavy atom. The van der Waals surface area contributed by atoms with Crippen molar-refractivity contribution in [3.05, 3.63) is 40.9 Å². The number of ether oxygens (including phenoxy) is 1. The van der Waals surface area contributed by atoms with E-state index in [1.54, 1.807) is 32.4 Å². The van der Waals surface area contributed by atoms with Gasteiger partial charge in [-0.15, -0.1) is 11.3 Å². The van der Waals surface area contributed by atoms with Crippen LogP contribution < -0.4 is 20.3 Å². The van der Waals surface area contributed by atoms with E-state index >= 15 is 0 Å². The topological polar surface area (TPSA) is 103 Å². The van der Waals surface area contributed by atoms with Gasteiger partial charge in [0.15, 0.2) is 15.7 Å². The highest BCUT2D eigenvalue weighted by atomic mass is 35.5. The second-order valence-electron chi connectivity index (χ2n) is 10.8. The molecule has 0 saturated carbocycles. The summed E-state index contributed by atoms with van der Waals surface area (Å²) in [7, 11) is 0.384. The molecule has 4 heterocycles. The van der Waals surface area contributed by atoms with Crippen molar-refractivity contribution >= 4 is 61.6 Å². The summed E-state index contributed by atoms with van der Waals surface area (Å²) in [6.07, 6.45) is 3.79. The average molecular weight is 650 g/mol. The van der Waals surface area contributed by atoms with Crippen molar-refractivity contribution in [2.24, 2.45) is 0 Å². The Balaban J connectivity index is 0.00000207. The molecule has 2 fully saturated rings. The van der Waals surface area contributed by atoms with E-state index in [9.17, 15) is 8.42 Å². The normalized spacial score (nSPS) is 17.0. The van der Waals surface area contributed by atoms with Crippen molar-refractivity contribution < 1.29 is 13.2 Å². The lowest BCUT2D eigenvalue weighted by Gasteiger charge is -2.42. The third-order valence-corrected chi connectivity index (χ3v) is 11.8.